The van der Waals surface area contributed by atoms with Gasteiger partial charge in [-0.2, -0.15) is 0 Å². The molecule has 7 rings (SSSR count). The first kappa shape index (κ1) is 24.6. The van der Waals surface area contributed by atoms with Gasteiger partial charge in [-0.3, -0.25) is 14.0 Å². The fraction of sp³-hybridized carbons (Fsp3) is 0.733. The summed E-state index contributed by atoms with van der Waals surface area (Å²) in [6.07, 6.45) is 16.3. The molecule has 0 aromatic carbocycles. The standard InChI is InChI=1S/C30H42N2O4S/c1-20-3-5-25(22-8-11-35-15-22)31-18-29(10-7-24(20)31)17-30(37(34)19-29)13-27-21(2)4-6-26(23-9-12-36-16-23)32(27)28(33)14-30/h8-9,11-12,15-16,20-21,24-28,33H,3-7,10,13-14,17-19H2,1-2H3. The second kappa shape index (κ2) is 9.07. The second-order valence-corrected chi connectivity index (χ2v) is 15.1. The summed E-state index contributed by atoms with van der Waals surface area (Å²) in [5.41, 5.74) is 2.55. The third-order valence-electron chi connectivity index (χ3n) is 11.1. The molecule has 2 spiro atoms. The van der Waals surface area contributed by atoms with Gasteiger partial charge in [-0.15, -0.1) is 0 Å². The van der Waals surface area contributed by atoms with E-state index in [-0.39, 0.29) is 22.2 Å². The summed E-state index contributed by atoms with van der Waals surface area (Å²) in [5, 5.41) is 11.7. The minimum Gasteiger partial charge on any atom is -0.472 e. The average molecular weight is 527 g/mol. The van der Waals surface area contributed by atoms with Crippen LogP contribution < -0.4 is 0 Å². The zero-order valence-corrected chi connectivity index (χ0v) is 23.1. The maximum absolute atomic E-state index is 14.1. The molecule has 0 aliphatic carbocycles. The number of piperidine rings is 4. The molecule has 10 atom stereocenters. The van der Waals surface area contributed by atoms with E-state index in [0.717, 1.165) is 38.0 Å². The Hall–Kier alpha value is -1.41. The normalized spacial score (nSPS) is 46.8. The van der Waals surface area contributed by atoms with E-state index >= 15 is 0 Å². The van der Waals surface area contributed by atoms with Crippen molar-refractivity contribution in [3.05, 3.63) is 48.3 Å². The van der Waals surface area contributed by atoms with Crippen molar-refractivity contribution in [3.63, 3.8) is 0 Å². The lowest BCUT2D eigenvalue weighted by molar-refractivity contribution is -0.131. The molecule has 5 aliphatic heterocycles. The summed E-state index contributed by atoms with van der Waals surface area (Å²) in [5.74, 6) is 1.99. The van der Waals surface area contributed by atoms with Crippen molar-refractivity contribution in [1.29, 1.82) is 0 Å². The lowest BCUT2D eigenvalue weighted by Crippen LogP contribution is -2.61. The van der Waals surface area contributed by atoms with Crippen LogP contribution in [0.1, 0.15) is 94.8 Å². The summed E-state index contributed by atoms with van der Waals surface area (Å²) in [6, 6.07) is 5.65. The van der Waals surface area contributed by atoms with Crippen molar-refractivity contribution >= 4 is 10.8 Å². The zero-order chi connectivity index (χ0) is 25.4. The Morgan fingerprint density at radius 2 is 1.59 bits per heavy atom. The highest BCUT2D eigenvalue weighted by atomic mass is 32.2. The maximum Gasteiger partial charge on any atom is 0.109 e. The van der Waals surface area contributed by atoms with Crippen LogP contribution in [0, 0.1) is 17.3 Å². The molecule has 0 saturated carbocycles. The van der Waals surface area contributed by atoms with E-state index in [1.54, 1.807) is 12.5 Å². The minimum atomic E-state index is -0.923. The van der Waals surface area contributed by atoms with Crippen LogP contribution in [0.5, 0.6) is 0 Å². The number of aliphatic hydroxyl groups is 1. The van der Waals surface area contributed by atoms with Gasteiger partial charge in [-0.05, 0) is 80.8 Å². The zero-order valence-electron chi connectivity index (χ0n) is 22.3. The van der Waals surface area contributed by atoms with E-state index in [1.807, 2.05) is 18.6 Å². The van der Waals surface area contributed by atoms with E-state index < -0.39 is 17.0 Å². The number of fused-ring (bicyclic) bond motifs is 2. The van der Waals surface area contributed by atoms with E-state index in [2.05, 4.69) is 29.7 Å². The maximum atomic E-state index is 14.1. The van der Waals surface area contributed by atoms with E-state index in [4.69, 9.17) is 8.83 Å². The monoisotopic (exact) mass is 526 g/mol. The molecule has 2 aromatic rings. The smallest absolute Gasteiger partial charge is 0.109 e. The van der Waals surface area contributed by atoms with Crippen molar-refractivity contribution in [1.82, 2.24) is 9.80 Å². The van der Waals surface area contributed by atoms with Crippen molar-refractivity contribution in [2.75, 3.05) is 12.3 Å². The van der Waals surface area contributed by atoms with Crippen LogP contribution in [0.4, 0.5) is 0 Å². The molecule has 1 N–H and O–H groups in total. The molecule has 0 bridgehead atoms. The lowest BCUT2D eigenvalue weighted by atomic mass is 9.66. The molecule has 6 nitrogen and oxygen atoms in total. The Bertz CT molecular complexity index is 1120. The molecule has 202 valence electrons. The molecule has 2 aromatic heterocycles. The van der Waals surface area contributed by atoms with Gasteiger partial charge in [-0.1, -0.05) is 13.8 Å². The molecule has 7 heteroatoms. The fourth-order valence-electron chi connectivity index (χ4n) is 9.32. The van der Waals surface area contributed by atoms with Crippen molar-refractivity contribution in [3.8, 4) is 0 Å². The molecule has 7 heterocycles. The number of nitrogens with zero attached hydrogens (tertiary/aromatic N) is 2. The molecule has 0 radical (unpaired) electrons. The highest BCUT2D eigenvalue weighted by molar-refractivity contribution is 7.86. The Kier molecular flexibility index (Phi) is 6.04. The molecule has 10 unspecified atom stereocenters. The Morgan fingerprint density at radius 3 is 2.30 bits per heavy atom. The summed E-state index contributed by atoms with van der Waals surface area (Å²) in [6.45, 7) is 5.78. The molecular weight excluding hydrogens is 484 g/mol. The van der Waals surface area contributed by atoms with Crippen molar-refractivity contribution in [2.45, 2.75) is 107 Å². The largest absolute Gasteiger partial charge is 0.472 e. The molecule has 37 heavy (non-hydrogen) atoms. The number of furan rings is 2. The molecular formula is C30H42N2O4S. The van der Waals surface area contributed by atoms with Crippen LogP contribution in [-0.2, 0) is 10.8 Å². The van der Waals surface area contributed by atoms with Gasteiger partial charge >= 0.3 is 0 Å². The van der Waals surface area contributed by atoms with E-state index in [9.17, 15) is 9.32 Å². The SMILES string of the molecule is CC1CCC(c2ccoc2)N2CC3(CCC12)CS(=O)C1(CC(O)N2C(c4ccoc4)CCC(C)C2C1)C3. The number of rotatable bonds is 2. The first-order valence-electron chi connectivity index (χ1n) is 14.5. The highest BCUT2D eigenvalue weighted by Gasteiger charge is 2.61. The Labute approximate surface area is 223 Å². The summed E-state index contributed by atoms with van der Waals surface area (Å²) in [7, 11) is -0.923. The quantitative estimate of drug-likeness (QED) is 0.546. The van der Waals surface area contributed by atoms with Gasteiger partial charge in [0.05, 0.1) is 29.8 Å². The molecule has 5 fully saturated rings. The van der Waals surface area contributed by atoms with Gasteiger partial charge in [0.25, 0.3) is 0 Å². The van der Waals surface area contributed by atoms with Gasteiger partial charge in [0, 0.05) is 64.8 Å². The molecule has 5 aliphatic rings. The van der Waals surface area contributed by atoms with E-state index in [1.165, 1.54) is 36.8 Å². The Balaban J connectivity index is 1.16. The average Bonchev–Trinajstić information content (AvgIpc) is 3.63. The van der Waals surface area contributed by atoms with Crippen LogP contribution in [0.3, 0.4) is 0 Å². The van der Waals surface area contributed by atoms with E-state index in [0.29, 0.717) is 30.3 Å². The van der Waals surface area contributed by atoms with Crippen LogP contribution in [0.15, 0.2) is 46.0 Å². The van der Waals surface area contributed by atoms with Crippen molar-refractivity contribution < 1.29 is 18.1 Å². The first-order valence-corrected chi connectivity index (χ1v) is 15.8. The lowest BCUT2D eigenvalue weighted by Gasteiger charge is -2.56. The topological polar surface area (TPSA) is 70.1 Å². The van der Waals surface area contributed by atoms with Crippen LogP contribution in [0.25, 0.3) is 0 Å². The predicted octanol–water partition coefficient (Wildman–Crippen LogP) is 5.64. The number of aliphatic hydroxyl groups excluding tert-OH is 1. The number of hydrogen-bond donors (Lipinski definition) is 1. The van der Waals surface area contributed by atoms with Crippen LogP contribution in [-0.4, -0.2) is 54.5 Å². The predicted molar refractivity (Wildman–Crippen MR) is 143 cm³/mol. The third-order valence-corrected chi connectivity index (χ3v) is 13.4. The van der Waals surface area contributed by atoms with Crippen molar-refractivity contribution in [2.24, 2.45) is 17.3 Å². The van der Waals surface area contributed by atoms with Gasteiger partial charge in [0.15, 0.2) is 0 Å². The molecule has 5 saturated heterocycles. The highest BCUT2D eigenvalue weighted by Crippen LogP contribution is 2.58. The van der Waals surface area contributed by atoms with Crippen LogP contribution in [0.2, 0.25) is 0 Å². The van der Waals surface area contributed by atoms with Gasteiger partial charge in [0.1, 0.15) is 6.23 Å². The second-order valence-electron chi connectivity index (χ2n) is 13.3. The van der Waals surface area contributed by atoms with Gasteiger partial charge < -0.3 is 13.9 Å². The minimum absolute atomic E-state index is 0.0875. The van der Waals surface area contributed by atoms with Crippen LogP contribution >= 0.6 is 0 Å². The summed E-state index contributed by atoms with van der Waals surface area (Å²) in [4.78, 5) is 5.12. The number of hydrogen-bond acceptors (Lipinski definition) is 6. The van der Waals surface area contributed by atoms with Gasteiger partial charge in [-0.25, -0.2) is 0 Å². The fourth-order valence-corrected chi connectivity index (χ4v) is 11.7. The molecule has 0 amide bonds. The Morgan fingerprint density at radius 1 is 0.919 bits per heavy atom. The first-order chi connectivity index (χ1) is 17.9. The van der Waals surface area contributed by atoms with Gasteiger partial charge in [0.2, 0.25) is 0 Å². The third kappa shape index (κ3) is 3.94. The summed E-state index contributed by atoms with van der Waals surface area (Å²) >= 11 is 0. The summed E-state index contributed by atoms with van der Waals surface area (Å²) < 4.78 is 24.8.